The van der Waals surface area contributed by atoms with E-state index in [9.17, 15) is 8.42 Å². The van der Waals surface area contributed by atoms with Gasteiger partial charge in [0.2, 0.25) is 0 Å². The highest BCUT2D eigenvalue weighted by Gasteiger charge is 2.64. The van der Waals surface area contributed by atoms with E-state index >= 15 is 0 Å². The SMILES string of the molecule is CC1(C)O[C@H]2O[C@]3(COS(C)(=O)=O)CCO[C@@H]3[C@H]2O1. The van der Waals surface area contributed by atoms with Gasteiger partial charge in [-0.15, -0.1) is 0 Å². The summed E-state index contributed by atoms with van der Waals surface area (Å²) in [6.45, 7) is 4.03. The average molecular weight is 294 g/mol. The van der Waals surface area contributed by atoms with Gasteiger partial charge >= 0.3 is 0 Å². The van der Waals surface area contributed by atoms with Gasteiger partial charge in [0.1, 0.15) is 17.8 Å². The summed E-state index contributed by atoms with van der Waals surface area (Å²) in [4.78, 5) is 0. The molecule has 7 nitrogen and oxygen atoms in total. The van der Waals surface area contributed by atoms with Gasteiger partial charge in [0.15, 0.2) is 12.1 Å². The fourth-order valence-corrected chi connectivity index (χ4v) is 3.27. The maximum atomic E-state index is 11.1. The van der Waals surface area contributed by atoms with Gasteiger partial charge in [-0.3, -0.25) is 4.18 Å². The summed E-state index contributed by atoms with van der Waals surface area (Å²) in [6.07, 6.45) is 0.332. The van der Waals surface area contributed by atoms with Crippen LogP contribution in [0.3, 0.4) is 0 Å². The van der Waals surface area contributed by atoms with Crippen LogP contribution in [0.4, 0.5) is 0 Å². The first-order valence-electron chi connectivity index (χ1n) is 6.20. The molecule has 0 radical (unpaired) electrons. The van der Waals surface area contributed by atoms with Crippen LogP contribution in [0.5, 0.6) is 0 Å². The molecule has 0 N–H and O–H groups in total. The Bertz CT molecular complexity index is 473. The van der Waals surface area contributed by atoms with Gasteiger partial charge < -0.3 is 18.9 Å². The molecule has 0 amide bonds. The first-order chi connectivity index (χ1) is 8.71. The lowest BCUT2D eigenvalue weighted by molar-refractivity contribution is -0.234. The van der Waals surface area contributed by atoms with Crippen LogP contribution in [-0.4, -0.2) is 57.8 Å². The molecule has 4 atom stereocenters. The van der Waals surface area contributed by atoms with Gasteiger partial charge in [-0.25, -0.2) is 0 Å². The summed E-state index contributed by atoms with van der Waals surface area (Å²) in [6, 6.07) is 0. The predicted octanol–water partition coefficient (Wildman–Crippen LogP) is -0.00190. The third-order valence-electron chi connectivity index (χ3n) is 3.60. The monoisotopic (exact) mass is 294 g/mol. The maximum Gasteiger partial charge on any atom is 0.264 e. The lowest BCUT2D eigenvalue weighted by Crippen LogP contribution is -2.45. The van der Waals surface area contributed by atoms with Crippen molar-refractivity contribution in [3.63, 3.8) is 0 Å². The number of ether oxygens (including phenoxy) is 4. The number of rotatable bonds is 3. The minimum atomic E-state index is -3.52. The van der Waals surface area contributed by atoms with Gasteiger partial charge in [-0.05, 0) is 13.8 Å². The number of hydrogen-bond acceptors (Lipinski definition) is 7. The van der Waals surface area contributed by atoms with Crippen LogP contribution < -0.4 is 0 Å². The molecule has 3 aliphatic rings. The Labute approximate surface area is 112 Å². The maximum absolute atomic E-state index is 11.1. The normalized spacial score (nSPS) is 44.3. The highest BCUT2D eigenvalue weighted by atomic mass is 32.2. The summed E-state index contributed by atoms with van der Waals surface area (Å²) in [5.41, 5.74) is -0.797. The third-order valence-corrected chi connectivity index (χ3v) is 4.14. The van der Waals surface area contributed by atoms with Crippen LogP contribution in [0.1, 0.15) is 20.3 Å². The van der Waals surface area contributed by atoms with Crippen LogP contribution in [-0.2, 0) is 33.2 Å². The van der Waals surface area contributed by atoms with Crippen LogP contribution in [0, 0.1) is 0 Å². The second kappa shape index (κ2) is 4.12. The second-order valence-corrected chi connectivity index (χ2v) is 7.30. The van der Waals surface area contributed by atoms with E-state index < -0.39 is 27.8 Å². The average Bonchev–Trinajstić information content (AvgIpc) is 2.82. The van der Waals surface area contributed by atoms with Gasteiger partial charge in [0.05, 0.1) is 19.5 Å². The van der Waals surface area contributed by atoms with Crippen LogP contribution in [0.15, 0.2) is 0 Å². The van der Waals surface area contributed by atoms with Crippen molar-refractivity contribution in [1.82, 2.24) is 0 Å². The molecule has 0 aromatic carbocycles. The minimum absolute atomic E-state index is 0.0728. The molecule has 3 aliphatic heterocycles. The first kappa shape index (κ1) is 13.7. The van der Waals surface area contributed by atoms with Crippen LogP contribution in [0.25, 0.3) is 0 Å². The van der Waals surface area contributed by atoms with E-state index in [-0.39, 0.29) is 18.8 Å². The Hall–Kier alpha value is -0.250. The van der Waals surface area contributed by atoms with Gasteiger partial charge in [0.25, 0.3) is 10.1 Å². The quantitative estimate of drug-likeness (QED) is 0.678. The lowest BCUT2D eigenvalue weighted by atomic mass is 9.96. The Balaban J connectivity index is 1.77. The zero-order valence-electron chi connectivity index (χ0n) is 11.1. The van der Waals surface area contributed by atoms with E-state index in [4.69, 9.17) is 23.1 Å². The molecule has 8 heteroatoms. The molecule has 0 aliphatic carbocycles. The van der Waals surface area contributed by atoms with E-state index in [1.807, 2.05) is 0 Å². The zero-order valence-corrected chi connectivity index (χ0v) is 11.9. The van der Waals surface area contributed by atoms with Gasteiger partial charge in [-0.1, -0.05) is 0 Å². The molecular weight excluding hydrogens is 276 g/mol. The highest BCUT2D eigenvalue weighted by molar-refractivity contribution is 7.85. The van der Waals surface area contributed by atoms with Crippen molar-refractivity contribution in [1.29, 1.82) is 0 Å². The van der Waals surface area contributed by atoms with E-state index in [2.05, 4.69) is 0 Å². The van der Waals surface area contributed by atoms with Crippen molar-refractivity contribution in [2.45, 2.75) is 50.2 Å². The number of hydrogen-bond donors (Lipinski definition) is 0. The van der Waals surface area contributed by atoms with Crippen molar-refractivity contribution in [2.75, 3.05) is 19.5 Å². The Morgan fingerprint density at radius 3 is 2.68 bits per heavy atom. The Morgan fingerprint density at radius 1 is 1.26 bits per heavy atom. The van der Waals surface area contributed by atoms with E-state index in [0.29, 0.717) is 13.0 Å². The summed E-state index contributed by atoms with van der Waals surface area (Å²) >= 11 is 0. The topological polar surface area (TPSA) is 80.3 Å². The molecule has 0 aromatic rings. The van der Waals surface area contributed by atoms with Gasteiger partial charge in [0, 0.05) is 6.42 Å². The van der Waals surface area contributed by atoms with Crippen LogP contribution in [0.2, 0.25) is 0 Å². The van der Waals surface area contributed by atoms with Crippen molar-refractivity contribution >= 4 is 10.1 Å². The standard InChI is InChI=1S/C11H18O7S/c1-10(2)16-7-8-11(4-5-14-8,18-9(7)17-10)6-15-19(3,12)13/h7-9H,4-6H2,1-3H3/t7-,8-,9+,11+/m1/s1. The van der Waals surface area contributed by atoms with Crippen molar-refractivity contribution in [3.8, 4) is 0 Å². The summed E-state index contributed by atoms with van der Waals surface area (Å²) in [5, 5.41) is 0. The molecule has 0 unspecified atom stereocenters. The fourth-order valence-electron chi connectivity index (χ4n) is 2.85. The van der Waals surface area contributed by atoms with Crippen molar-refractivity contribution in [3.05, 3.63) is 0 Å². The van der Waals surface area contributed by atoms with Gasteiger partial charge in [-0.2, -0.15) is 8.42 Å². The van der Waals surface area contributed by atoms with Crippen LogP contribution >= 0.6 is 0 Å². The summed E-state index contributed by atoms with van der Waals surface area (Å²) in [5.74, 6) is -0.717. The van der Waals surface area contributed by atoms with Crippen molar-refractivity contribution in [2.24, 2.45) is 0 Å². The molecule has 3 heterocycles. The minimum Gasteiger partial charge on any atom is -0.372 e. The Kier molecular flexibility index (Phi) is 2.98. The zero-order chi connectivity index (χ0) is 13.9. The molecule has 0 saturated carbocycles. The molecule has 19 heavy (non-hydrogen) atoms. The molecule has 0 spiro atoms. The molecule has 110 valence electrons. The molecule has 3 rings (SSSR count). The van der Waals surface area contributed by atoms with Crippen molar-refractivity contribution < 1.29 is 31.5 Å². The largest absolute Gasteiger partial charge is 0.372 e. The molecule has 3 saturated heterocycles. The highest BCUT2D eigenvalue weighted by Crippen LogP contribution is 2.48. The third kappa shape index (κ3) is 2.41. The van der Waals surface area contributed by atoms with E-state index in [1.165, 1.54) is 0 Å². The molecular formula is C11H18O7S. The van der Waals surface area contributed by atoms with E-state index in [0.717, 1.165) is 6.26 Å². The lowest BCUT2D eigenvalue weighted by Gasteiger charge is -2.29. The first-order valence-corrected chi connectivity index (χ1v) is 8.02. The predicted molar refractivity (Wildman–Crippen MR) is 62.8 cm³/mol. The fraction of sp³-hybridized carbons (Fsp3) is 1.00. The molecule has 0 aromatic heterocycles. The Morgan fingerprint density at radius 2 is 2.00 bits per heavy atom. The molecule has 0 bridgehead atoms. The van der Waals surface area contributed by atoms with E-state index in [1.54, 1.807) is 13.8 Å². The number of fused-ring (bicyclic) bond motifs is 3. The molecule has 3 fully saturated rings. The smallest absolute Gasteiger partial charge is 0.264 e. The second-order valence-electron chi connectivity index (χ2n) is 5.66. The summed E-state index contributed by atoms with van der Waals surface area (Å²) in [7, 11) is -3.52. The summed E-state index contributed by atoms with van der Waals surface area (Å²) < 4.78 is 50.1.